The summed E-state index contributed by atoms with van der Waals surface area (Å²) in [5.74, 6) is 0.371. The van der Waals surface area contributed by atoms with Crippen LogP contribution in [0.3, 0.4) is 0 Å². The number of carbonyl (C=O) groups is 1. The van der Waals surface area contributed by atoms with Crippen LogP contribution in [-0.2, 0) is 4.79 Å². The summed E-state index contributed by atoms with van der Waals surface area (Å²) in [5.41, 5.74) is 0. The van der Waals surface area contributed by atoms with E-state index in [-0.39, 0.29) is 18.1 Å². The van der Waals surface area contributed by atoms with E-state index in [0.29, 0.717) is 5.75 Å². The zero-order chi connectivity index (χ0) is 12.8. The number of nitrogens with one attached hydrogen (secondary N) is 1. The topological polar surface area (TPSA) is 62.2 Å². The molecule has 1 aromatic rings. The standard InChI is InChI=1S/C13H18N2O2S/c16-12-4-2-1-3-11(12)15-13(17)9-18-10-5-7-14-8-6-10/h5-8,11-12,16H,1-4,9H2,(H,15,17)/t11-,12-/m1/s1. The maximum atomic E-state index is 11.8. The highest BCUT2D eigenvalue weighted by atomic mass is 32.2. The average molecular weight is 266 g/mol. The fraction of sp³-hybridized carbons (Fsp3) is 0.538. The second-order valence-electron chi connectivity index (χ2n) is 4.50. The van der Waals surface area contributed by atoms with Crippen LogP contribution in [0.2, 0.25) is 0 Å². The number of thioether (sulfide) groups is 1. The van der Waals surface area contributed by atoms with E-state index < -0.39 is 0 Å². The van der Waals surface area contributed by atoms with Crippen molar-refractivity contribution in [2.24, 2.45) is 0 Å². The van der Waals surface area contributed by atoms with Crippen LogP contribution in [0.4, 0.5) is 0 Å². The lowest BCUT2D eigenvalue weighted by Crippen LogP contribution is -2.45. The van der Waals surface area contributed by atoms with Crippen molar-refractivity contribution >= 4 is 17.7 Å². The third-order valence-electron chi connectivity index (χ3n) is 3.10. The molecular formula is C13H18N2O2S. The molecule has 1 fully saturated rings. The highest BCUT2D eigenvalue weighted by molar-refractivity contribution is 8.00. The normalized spacial score (nSPS) is 23.6. The minimum absolute atomic E-state index is 0.0113. The summed E-state index contributed by atoms with van der Waals surface area (Å²) >= 11 is 1.48. The molecule has 5 heteroatoms. The van der Waals surface area contributed by atoms with Gasteiger partial charge in [0.2, 0.25) is 5.91 Å². The second-order valence-corrected chi connectivity index (χ2v) is 5.55. The predicted molar refractivity (Wildman–Crippen MR) is 71.4 cm³/mol. The molecule has 0 saturated heterocycles. The van der Waals surface area contributed by atoms with Crippen molar-refractivity contribution in [3.8, 4) is 0 Å². The SMILES string of the molecule is O=C(CSc1ccncc1)N[C@@H]1CCCC[C@H]1O. The Bertz CT molecular complexity index is 386. The summed E-state index contributed by atoms with van der Waals surface area (Å²) in [7, 11) is 0. The average Bonchev–Trinajstić information content (AvgIpc) is 2.40. The lowest BCUT2D eigenvalue weighted by molar-refractivity contribution is -0.120. The van der Waals surface area contributed by atoms with Gasteiger partial charge in [0.15, 0.2) is 0 Å². The number of hydrogen-bond donors (Lipinski definition) is 2. The third kappa shape index (κ3) is 3.99. The van der Waals surface area contributed by atoms with Crippen LogP contribution in [0.25, 0.3) is 0 Å². The van der Waals surface area contributed by atoms with Gasteiger partial charge < -0.3 is 10.4 Å². The first kappa shape index (κ1) is 13.4. The van der Waals surface area contributed by atoms with E-state index in [1.165, 1.54) is 11.8 Å². The molecule has 4 nitrogen and oxygen atoms in total. The van der Waals surface area contributed by atoms with Gasteiger partial charge in [-0.3, -0.25) is 9.78 Å². The molecular weight excluding hydrogens is 248 g/mol. The molecule has 98 valence electrons. The number of aromatic nitrogens is 1. The van der Waals surface area contributed by atoms with Gasteiger partial charge in [-0.05, 0) is 25.0 Å². The van der Waals surface area contributed by atoms with Crippen molar-refractivity contribution in [1.29, 1.82) is 0 Å². The summed E-state index contributed by atoms with van der Waals surface area (Å²) in [6.07, 6.45) is 6.86. The van der Waals surface area contributed by atoms with Crippen molar-refractivity contribution in [1.82, 2.24) is 10.3 Å². The molecule has 0 spiro atoms. The van der Waals surface area contributed by atoms with Gasteiger partial charge in [-0.15, -0.1) is 11.8 Å². The minimum Gasteiger partial charge on any atom is -0.391 e. The molecule has 2 atom stereocenters. The number of amides is 1. The number of pyridine rings is 1. The van der Waals surface area contributed by atoms with Crippen molar-refractivity contribution in [2.75, 3.05) is 5.75 Å². The smallest absolute Gasteiger partial charge is 0.230 e. The van der Waals surface area contributed by atoms with Gasteiger partial charge in [-0.2, -0.15) is 0 Å². The van der Waals surface area contributed by atoms with E-state index in [9.17, 15) is 9.90 Å². The number of rotatable bonds is 4. The Morgan fingerprint density at radius 3 is 2.83 bits per heavy atom. The van der Waals surface area contributed by atoms with Crippen molar-refractivity contribution in [3.05, 3.63) is 24.5 Å². The second kappa shape index (κ2) is 6.75. The maximum Gasteiger partial charge on any atom is 0.230 e. The molecule has 1 saturated carbocycles. The van der Waals surface area contributed by atoms with Gasteiger partial charge >= 0.3 is 0 Å². The molecule has 0 bridgehead atoms. The van der Waals surface area contributed by atoms with Gasteiger partial charge in [0, 0.05) is 17.3 Å². The molecule has 2 rings (SSSR count). The molecule has 1 aliphatic carbocycles. The third-order valence-corrected chi connectivity index (χ3v) is 4.11. The number of carbonyl (C=O) groups excluding carboxylic acids is 1. The molecule has 1 aromatic heterocycles. The van der Waals surface area contributed by atoms with E-state index in [0.717, 1.165) is 30.6 Å². The largest absolute Gasteiger partial charge is 0.391 e. The van der Waals surface area contributed by atoms with E-state index in [1.54, 1.807) is 12.4 Å². The van der Waals surface area contributed by atoms with Crippen LogP contribution in [0, 0.1) is 0 Å². The zero-order valence-electron chi connectivity index (χ0n) is 10.2. The van der Waals surface area contributed by atoms with E-state index in [4.69, 9.17) is 0 Å². The molecule has 0 radical (unpaired) electrons. The van der Waals surface area contributed by atoms with Crippen LogP contribution < -0.4 is 5.32 Å². The first-order chi connectivity index (χ1) is 8.75. The number of aliphatic hydroxyl groups excluding tert-OH is 1. The van der Waals surface area contributed by atoms with Crippen molar-refractivity contribution in [3.63, 3.8) is 0 Å². The quantitative estimate of drug-likeness (QED) is 0.813. The Labute approximate surface area is 111 Å². The highest BCUT2D eigenvalue weighted by Gasteiger charge is 2.24. The summed E-state index contributed by atoms with van der Waals surface area (Å²) in [6, 6.07) is 3.70. The Morgan fingerprint density at radius 1 is 1.39 bits per heavy atom. The van der Waals surface area contributed by atoms with Crippen molar-refractivity contribution < 1.29 is 9.90 Å². The summed E-state index contributed by atoms with van der Waals surface area (Å²) in [6.45, 7) is 0. The first-order valence-electron chi connectivity index (χ1n) is 6.26. The predicted octanol–water partition coefficient (Wildman–Crippen LogP) is 1.59. The summed E-state index contributed by atoms with van der Waals surface area (Å²) in [5, 5.41) is 12.7. The molecule has 0 aromatic carbocycles. The fourth-order valence-corrected chi connectivity index (χ4v) is 2.81. The Hall–Kier alpha value is -1.07. The van der Waals surface area contributed by atoms with Crippen LogP contribution in [0.1, 0.15) is 25.7 Å². The fourth-order valence-electron chi connectivity index (χ4n) is 2.11. The first-order valence-corrected chi connectivity index (χ1v) is 7.24. The van der Waals surface area contributed by atoms with Crippen LogP contribution in [0.5, 0.6) is 0 Å². The minimum atomic E-state index is -0.381. The molecule has 18 heavy (non-hydrogen) atoms. The molecule has 0 unspecified atom stereocenters. The van der Waals surface area contributed by atoms with Crippen molar-refractivity contribution in [2.45, 2.75) is 42.7 Å². The van der Waals surface area contributed by atoms with Gasteiger partial charge in [0.05, 0.1) is 17.9 Å². The molecule has 2 N–H and O–H groups in total. The Balaban J connectivity index is 1.75. The Morgan fingerprint density at radius 2 is 2.11 bits per heavy atom. The zero-order valence-corrected chi connectivity index (χ0v) is 11.0. The van der Waals surface area contributed by atoms with E-state index >= 15 is 0 Å². The van der Waals surface area contributed by atoms with Gasteiger partial charge in [0.1, 0.15) is 0 Å². The molecule has 1 amide bonds. The number of nitrogens with zero attached hydrogens (tertiary/aromatic N) is 1. The van der Waals surface area contributed by atoms with Gasteiger partial charge in [-0.25, -0.2) is 0 Å². The van der Waals surface area contributed by atoms with E-state index in [1.807, 2.05) is 12.1 Å². The highest BCUT2D eigenvalue weighted by Crippen LogP contribution is 2.19. The number of hydrogen-bond acceptors (Lipinski definition) is 4. The lowest BCUT2D eigenvalue weighted by Gasteiger charge is -2.28. The summed E-state index contributed by atoms with van der Waals surface area (Å²) in [4.78, 5) is 16.7. The molecule has 0 aliphatic heterocycles. The lowest BCUT2D eigenvalue weighted by atomic mass is 9.93. The van der Waals surface area contributed by atoms with E-state index in [2.05, 4.69) is 10.3 Å². The maximum absolute atomic E-state index is 11.8. The summed E-state index contributed by atoms with van der Waals surface area (Å²) < 4.78 is 0. The molecule has 1 aliphatic rings. The number of aliphatic hydroxyl groups is 1. The monoisotopic (exact) mass is 266 g/mol. The van der Waals surface area contributed by atoms with Gasteiger partial charge in [0.25, 0.3) is 0 Å². The van der Waals surface area contributed by atoms with Crippen LogP contribution in [0.15, 0.2) is 29.4 Å². The Kier molecular flexibility index (Phi) is 5.01. The van der Waals surface area contributed by atoms with Gasteiger partial charge in [-0.1, -0.05) is 12.8 Å². The molecule has 1 heterocycles. The van der Waals surface area contributed by atoms with Crippen LogP contribution >= 0.6 is 11.8 Å². The van der Waals surface area contributed by atoms with Crippen LogP contribution in [-0.4, -0.2) is 33.9 Å².